The lowest BCUT2D eigenvalue weighted by atomic mass is 10.2. The van der Waals surface area contributed by atoms with E-state index in [1.807, 2.05) is 0 Å². The van der Waals surface area contributed by atoms with Crippen molar-refractivity contribution in [2.24, 2.45) is 5.73 Å². The summed E-state index contributed by atoms with van der Waals surface area (Å²) in [5.74, 6) is 0.00383. The molecule has 0 saturated carbocycles. The first-order valence-electron chi connectivity index (χ1n) is 3.94. The van der Waals surface area contributed by atoms with E-state index >= 15 is 0 Å². The molecule has 3 N–H and O–H groups in total. The van der Waals surface area contributed by atoms with Gasteiger partial charge in [0.05, 0.1) is 11.1 Å². The second-order valence-electron chi connectivity index (χ2n) is 2.68. The van der Waals surface area contributed by atoms with Gasteiger partial charge in [-0.15, -0.1) is 0 Å². The maximum Gasteiger partial charge on any atom is 0.255 e. The van der Waals surface area contributed by atoms with Crippen molar-refractivity contribution in [2.75, 3.05) is 6.61 Å². The average molecular weight is 260 g/mol. The number of primary amides is 1. The monoisotopic (exact) mass is 259 g/mol. The SMILES string of the molecule is NC(=O)COc1ccc(CO)cc1Br. The van der Waals surface area contributed by atoms with Crippen LogP contribution in [0.1, 0.15) is 5.56 Å². The Morgan fingerprint density at radius 3 is 2.79 bits per heavy atom. The molecule has 1 aromatic carbocycles. The number of aliphatic hydroxyl groups excluding tert-OH is 1. The zero-order valence-electron chi connectivity index (χ0n) is 7.37. The molecule has 4 nitrogen and oxygen atoms in total. The molecular weight excluding hydrogens is 250 g/mol. The minimum Gasteiger partial charge on any atom is -0.483 e. The van der Waals surface area contributed by atoms with Crippen LogP contribution in [0.2, 0.25) is 0 Å². The molecular formula is C9H10BrNO3. The zero-order valence-corrected chi connectivity index (χ0v) is 8.95. The largest absolute Gasteiger partial charge is 0.483 e. The van der Waals surface area contributed by atoms with Gasteiger partial charge in [0, 0.05) is 0 Å². The number of carbonyl (C=O) groups is 1. The number of rotatable bonds is 4. The maximum atomic E-state index is 10.4. The third-order valence-corrected chi connectivity index (χ3v) is 2.17. The number of ether oxygens (including phenoxy) is 1. The van der Waals surface area contributed by atoms with Crippen molar-refractivity contribution in [3.05, 3.63) is 28.2 Å². The Labute approximate surface area is 89.8 Å². The second-order valence-corrected chi connectivity index (χ2v) is 3.53. The summed E-state index contributed by atoms with van der Waals surface area (Å²) in [6.45, 7) is -0.189. The van der Waals surface area contributed by atoms with Crippen LogP contribution in [0.5, 0.6) is 5.75 Å². The number of carbonyl (C=O) groups excluding carboxylic acids is 1. The molecule has 0 spiro atoms. The summed E-state index contributed by atoms with van der Waals surface area (Å²) < 4.78 is 5.78. The van der Waals surface area contributed by atoms with Crippen LogP contribution in [0.4, 0.5) is 0 Å². The van der Waals surface area contributed by atoms with Gasteiger partial charge in [0.15, 0.2) is 6.61 Å². The predicted octanol–water partition coefficient (Wildman–Crippen LogP) is 0.805. The molecule has 0 heterocycles. The van der Waals surface area contributed by atoms with E-state index in [4.69, 9.17) is 15.6 Å². The van der Waals surface area contributed by atoms with Crippen LogP contribution in [-0.2, 0) is 11.4 Å². The zero-order chi connectivity index (χ0) is 10.6. The quantitative estimate of drug-likeness (QED) is 0.841. The number of nitrogens with two attached hydrogens (primary N) is 1. The van der Waals surface area contributed by atoms with Gasteiger partial charge in [-0.1, -0.05) is 6.07 Å². The first-order chi connectivity index (χ1) is 6.63. The highest BCUT2D eigenvalue weighted by molar-refractivity contribution is 9.10. The summed E-state index contributed by atoms with van der Waals surface area (Å²) in [6, 6.07) is 5.09. The molecule has 0 bridgehead atoms. The summed E-state index contributed by atoms with van der Waals surface area (Å²) in [7, 11) is 0. The van der Waals surface area contributed by atoms with E-state index in [1.165, 1.54) is 0 Å². The van der Waals surface area contributed by atoms with Crippen LogP contribution < -0.4 is 10.5 Å². The highest BCUT2D eigenvalue weighted by Gasteiger charge is 2.03. The van der Waals surface area contributed by atoms with Crippen molar-refractivity contribution in [3.63, 3.8) is 0 Å². The van der Waals surface area contributed by atoms with E-state index < -0.39 is 5.91 Å². The molecule has 0 radical (unpaired) electrons. The smallest absolute Gasteiger partial charge is 0.255 e. The number of aliphatic hydroxyl groups is 1. The van der Waals surface area contributed by atoms with Crippen LogP contribution in [0.15, 0.2) is 22.7 Å². The molecule has 5 heteroatoms. The number of amides is 1. The number of hydrogen-bond acceptors (Lipinski definition) is 3. The van der Waals surface area contributed by atoms with E-state index in [-0.39, 0.29) is 13.2 Å². The molecule has 1 aromatic rings. The van der Waals surface area contributed by atoms with Crippen molar-refractivity contribution < 1.29 is 14.6 Å². The number of halogens is 1. The highest BCUT2D eigenvalue weighted by Crippen LogP contribution is 2.25. The summed E-state index contributed by atoms with van der Waals surface area (Å²) in [4.78, 5) is 10.4. The molecule has 1 amide bonds. The number of benzene rings is 1. The fraction of sp³-hybridized carbons (Fsp3) is 0.222. The van der Waals surface area contributed by atoms with Crippen molar-refractivity contribution in [1.82, 2.24) is 0 Å². The first kappa shape index (κ1) is 11.0. The molecule has 0 saturated heterocycles. The Balaban J connectivity index is 2.73. The molecule has 0 aliphatic heterocycles. The summed E-state index contributed by atoms with van der Waals surface area (Å²) in [6.07, 6.45) is 0. The van der Waals surface area contributed by atoms with Crippen molar-refractivity contribution in [1.29, 1.82) is 0 Å². The summed E-state index contributed by atoms with van der Waals surface area (Å²) in [5, 5.41) is 8.84. The molecule has 14 heavy (non-hydrogen) atoms. The lowest BCUT2D eigenvalue weighted by molar-refractivity contribution is -0.119. The maximum absolute atomic E-state index is 10.4. The van der Waals surface area contributed by atoms with Gasteiger partial charge < -0.3 is 15.6 Å². The number of hydrogen-bond donors (Lipinski definition) is 2. The van der Waals surface area contributed by atoms with Crippen LogP contribution in [-0.4, -0.2) is 17.6 Å². The van der Waals surface area contributed by atoms with Crippen LogP contribution >= 0.6 is 15.9 Å². The topological polar surface area (TPSA) is 72.6 Å². The van der Waals surface area contributed by atoms with Gasteiger partial charge in [-0.25, -0.2) is 0 Å². The van der Waals surface area contributed by atoms with Crippen LogP contribution in [0.25, 0.3) is 0 Å². The molecule has 0 atom stereocenters. The lowest BCUT2D eigenvalue weighted by Gasteiger charge is -2.06. The lowest BCUT2D eigenvalue weighted by Crippen LogP contribution is -2.20. The standard InChI is InChI=1S/C9H10BrNO3/c10-7-3-6(4-12)1-2-8(7)14-5-9(11)13/h1-3,12H,4-5H2,(H2,11,13). The van der Waals surface area contributed by atoms with Gasteiger partial charge in [-0.3, -0.25) is 4.79 Å². The van der Waals surface area contributed by atoms with E-state index in [9.17, 15) is 4.79 Å². The van der Waals surface area contributed by atoms with Gasteiger partial charge in [0.25, 0.3) is 5.91 Å². The van der Waals surface area contributed by atoms with Gasteiger partial charge in [-0.05, 0) is 33.6 Å². The van der Waals surface area contributed by atoms with Crippen molar-refractivity contribution in [2.45, 2.75) is 6.61 Å². The average Bonchev–Trinajstić information content (AvgIpc) is 2.15. The first-order valence-corrected chi connectivity index (χ1v) is 4.73. The van der Waals surface area contributed by atoms with Gasteiger partial charge in [0.1, 0.15) is 5.75 Å². The van der Waals surface area contributed by atoms with E-state index in [0.717, 1.165) is 5.56 Å². The second kappa shape index (κ2) is 4.97. The normalized spacial score (nSPS) is 9.86. The van der Waals surface area contributed by atoms with Gasteiger partial charge >= 0.3 is 0 Å². The highest BCUT2D eigenvalue weighted by atomic mass is 79.9. The third kappa shape index (κ3) is 3.01. The van der Waals surface area contributed by atoms with Crippen LogP contribution in [0.3, 0.4) is 0 Å². The summed E-state index contributed by atoms with van der Waals surface area (Å²) in [5.41, 5.74) is 5.69. The van der Waals surface area contributed by atoms with Gasteiger partial charge in [-0.2, -0.15) is 0 Å². The summed E-state index contributed by atoms with van der Waals surface area (Å²) >= 11 is 3.25. The van der Waals surface area contributed by atoms with Crippen LogP contribution in [0, 0.1) is 0 Å². The Morgan fingerprint density at radius 2 is 2.29 bits per heavy atom. The predicted molar refractivity (Wildman–Crippen MR) is 54.8 cm³/mol. The fourth-order valence-electron chi connectivity index (χ4n) is 0.909. The fourth-order valence-corrected chi connectivity index (χ4v) is 1.45. The Morgan fingerprint density at radius 1 is 1.57 bits per heavy atom. The van der Waals surface area contributed by atoms with E-state index in [2.05, 4.69) is 15.9 Å². The van der Waals surface area contributed by atoms with E-state index in [0.29, 0.717) is 10.2 Å². The molecule has 0 aromatic heterocycles. The Bertz CT molecular complexity index is 341. The minimum atomic E-state index is -0.525. The minimum absolute atomic E-state index is 0.0330. The van der Waals surface area contributed by atoms with Gasteiger partial charge in [0.2, 0.25) is 0 Å². The Kier molecular flexibility index (Phi) is 3.91. The van der Waals surface area contributed by atoms with Crippen molar-refractivity contribution in [3.8, 4) is 5.75 Å². The van der Waals surface area contributed by atoms with Crippen molar-refractivity contribution >= 4 is 21.8 Å². The molecule has 0 aliphatic carbocycles. The van der Waals surface area contributed by atoms with E-state index in [1.54, 1.807) is 18.2 Å². The molecule has 0 unspecified atom stereocenters. The Hall–Kier alpha value is -1.07. The third-order valence-electron chi connectivity index (χ3n) is 1.55. The molecule has 0 fully saturated rings. The molecule has 0 aliphatic rings. The molecule has 1 rings (SSSR count). The molecule has 76 valence electrons.